The zero-order chi connectivity index (χ0) is 38.5. The second kappa shape index (κ2) is 19.4. The lowest BCUT2D eigenvalue weighted by atomic mass is 10.0. The Morgan fingerprint density at radius 1 is 0.778 bits per heavy atom. The number of anilines is 2. The molecule has 2 heterocycles. The lowest BCUT2D eigenvalue weighted by Gasteiger charge is -2.28. The molecule has 4 N–H and O–H groups in total. The van der Waals surface area contributed by atoms with E-state index in [9.17, 15) is 24.0 Å². The summed E-state index contributed by atoms with van der Waals surface area (Å²) in [5, 5.41) is 11.8. The minimum atomic E-state index is -0.939. The summed E-state index contributed by atoms with van der Waals surface area (Å²) >= 11 is 0. The number of fused-ring (bicyclic) bond motifs is 1. The summed E-state index contributed by atoms with van der Waals surface area (Å²) in [5.41, 5.74) is 3.01. The minimum Gasteiger partial charge on any atom is -0.445 e. The van der Waals surface area contributed by atoms with Gasteiger partial charge >= 0.3 is 17.8 Å². The van der Waals surface area contributed by atoms with Gasteiger partial charge in [0, 0.05) is 42.0 Å². The van der Waals surface area contributed by atoms with Gasteiger partial charge in [0.25, 0.3) is 0 Å². The van der Waals surface area contributed by atoms with Crippen LogP contribution in [0.4, 0.5) is 21.0 Å². The highest BCUT2D eigenvalue weighted by Gasteiger charge is 2.29. The molecular formula is C40H47N5O9. The predicted molar refractivity (Wildman–Crippen MR) is 203 cm³/mol. The van der Waals surface area contributed by atoms with Crippen molar-refractivity contribution in [1.29, 1.82) is 0 Å². The summed E-state index contributed by atoms with van der Waals surface area (Å²) in [5.74, 6) is -1.20. The van der Waals surface area contributed by atoms with Crippen LogP contribution >= 0.6 is 0 Å². The predicted octanol–water partition coefficient (Wildman–Crippen LogP) is 5.34. The van der Waals surface area contributed by atoms with Gasteiger partial charge in [0.05, 0.1) is 13.2 Å². The first-order valence-electron chi connectivity index (χ1n) is 18.0. The molecule has 1 fully saturated rings. The Hall–Kier alpha value is -5.73. The van der Waals surface area contributed by atoms with Crippen molar-refractivity contribution in [1.82, 2.24) is 15.5 Å². The fourth-order valence-corrected chi connectivity index (χ4v) is 5.92. The number of amides is 4. The topological polar surface area (TPSA) is 178 Å². The van der Waals surface area contributed by atoms with E-state index >= 15 is 0 Å². The van der Waals surface area contributed by atoms with E-state index in [0.29, 0.717) is 48.6 Å². The van der Waals surface area contributed by atoms with E-state index in [-0.39, 0.29) is 19.1 Å². The molecule has 1 unspecified atom stereocenters. The summed E-state index contributed by atoms with van der Waals surface area (Å²) in [7, 11) is 0. The van der Waals surface area contributed by atoms with Crippen molar-refractivity contribution < 1.29 is 37.8 Å². The van der Waals surface area contributed by atoms with Gasteiger partial charge in [-0.05, 0) is 73.2 Å². The highest BCUT2D eigenvalue weighted by atomic mass is 16.6. The van der Waals surface area contributed by atoms with Gasteiger partial charge in [-0.25, -0.2) is 14.4 Å². The Labute approximate surface area is 313 Å². The Morgan fingerprint density at radius 3 is 2.15 bits per heavy atom. The lowest BCUT2D eigenvalue weighted by molar-refractivity contribution is -0.128. The van der Waals surface area contributed by atoms with Gasteiger partial charge in [0.15, 0.2) is 0 Å². The molecule has 14 nitrogen and oxygen atoms in total. The van der Waals surface area contributed by atoms with Crippen molar-refractivity contribution in [2.45, 2.75) is 58.9 Å². The van der Waals surface area contributed by atoms with Crippen LogP contribution in [0.5, 0.6) is 0 Å². The van der Waals surface area contributed by atoms with Crippen LogP contribution in [0.2, 0.25) is 0 Å². The highest BCUT2D eigenvalue weighted by molar-refractivity contribution is 5.98. The quantitative estimate of drug-likeness (QED) is 0.116. The number of carbonyl (C=O) groups excluding carboxylic acids is 4. The first kappa shape index (κ1) is 39.5. The van der Waals surface area contributed by atoms with E-state index in [1.165, 1.54) is 6.07 Å². The molecule has 0 bridgehead atoms. The monoisotopic (exact) mass is 741 g/mol. The van der Waals surface area contributed by atoms with Gasteiger partial charge in [0.1, 0.15) is 30.9 Å². The fraction of sp³-hybridized carbons (Fsp3) is 0.375. The standard InChI is InChI=1S/C40H47N5O9/c1-26(2)36(44-40(50)53-24-28-8-5-4-6-9-28)38(48)43-33(10-7-17-45-18-20-51-21-19-45)37(47)41-30-13-11-29(12-14-30)25-52-39(49)42-31-15-16-32-27(3)22-35(46)54-34(32)23-31/h4-6,8-9,11-16,22-23,26,33,36H,7,10,17-21,24-25H2,1-3H3,(H,41,47)(H,42,49)(H,43,48)(H,44,50)/t33-,36?/m0/s1. The molecule has 1 aliphatic rings. The Bertz CT molecular complexity index is 1940. The summed E-state index contributed by atoms with van der Waals surface area (Å²) in [4.78, 5) is 66.3. The third kappa shape index (κ3) is 11.9. The van der Waals surface area contributed by atoms with Crippen LogP contribution in [0, 0.1) is 12.8 Å². The number of hydrogen-bond acceptors (Lipinski definition) is 10. The van der Waals surface area contributed by atoms with Crippen molar-refractivity contribution in [2.75, 3.05) is 43.5 Å². The van der Waals surface area contributed by atoms with Crippen LogP contribution in [0.25, 0.3) is 11.0 Å². The molecule has 286 valence electrons. The second-order valence-corrected chi connectivity index (χ2v) is 13.4. The zero-order valence-electron chi connectivity index (χ0n) is 30.7. The molecule has 0 saturated carbocycles. The van der Waals surface area contributed by atoms with E-state index in [1.807, 2.05) is 30.3 Å². The molecule has 0 spiro atoms. The third-order valence-electron chi connectivity index (χ3n) is 8.93. The number of aryl methyl sites for hydroxylation is 1. The molecule has 0 radical (unpaired) electrons. The van der Waals surface area contributed by atoms with Gasteiger partial charge in [-0.15, -0.1) is 0 Å². The maximum Gasteiger partial charge on any atom is 0.411 e. The number of carbonyl (C=O) groups is 4. The van der Waals surface area contributed by atoms with Crippen molar-refractivity contribution in [2.24, 2.45) is 5.92 Å². The summed E-state index contributed by atoms with van der Waals surface area (Å²) < 4.78 is 21.4. The number of benzene rings is 3. The van der Waals surface area contributed by atoms with Gasteiger partial charge in [-0.3, -0.25) is 19.8 Å². The van der Waals surface area contributed by atoms with Crippen molar-refractivity contribution in [3.8, 4) is 0 Å². The molecule has 0 aliphatic carbocycles. The number of nitrogens with one attached hydrogen (secondary N) is 4. The molecule has 1 aliphatic heterocycles. The number of rotatable bonds is 15. The average molecular weight is 742 g/mol. The maximum absolute atomic E-state index is 13.6. The fourth-order valence-electron chi connectivity index (χ4n) is 5.92. The zero-order valence-corrected chi connectivity index (χ0v) is 30.7. The molecule has 14 heteroatoms. The molecule has 5 rings (SSSR count). The van der Waals surface area contributed by atoms with Gasteiger partial charge in [-0.1, -0.05) is 56.3 Å². The summed E-state index contributed by atoms with van der Waals surface area (Å²) in [6, 6.07) is 20.6. The SMILES string of the molecule is Cc1cc(=O)oc2cc(NC(=O)OCc3ccc(NC(=O)[C@H](CCCN4CCOCC4)NC(=O)C(NC(=O)OCc4ccccc4)C(C)C)cc3)ccc12. The number of alkyl carbamates (subject to hydrolysis) is 1. The van der Waals surface area contributed by atoms with Crippen LogP contribution in [-0.2, 0) is 37.0 Å². The molecule has 54 heavy (non-hydrogen) atoms. The third-order valence-corrected chi connectivity index (χ3v) is 8.93. The van der Waals surface area contributed by atoms with Gasteiger partial charge in [-0.2, -0.15) is 0 Å². The summed E-state index contributed by atoms with van der Waals surface area (Å²) in [6.45, 7) is 9.05. The van der Waals surface area contributed by atoms with Crippen LogP contribution < -0.4 is 26.9 Å². The van der Waals surface area contributed by atoms with Crippen LogP contribution in [-0.4, -0.2) is 73.8 Å². The van der Waals surface area contributed by atoms with Crippen molar-refractivity contribution >= 4 is 46.3 Å². The minimum absolute atomic E-state index is 0.0422. The van der Waals surface area contributed by atoms with Crippen LogP contribution in [0.1, 0.15) is 43.4 Å². The molecular weight excluding hydrogens is 694 g/mol. The number of nitrogens with zero attached hydrogens (tertiary/aromatic N) is 1. The van der Waals surface area contributed by atoms with Gasteiger partial charge in [0.2, 0.25) is 11.8 Å². The van der Waals surface area contributed by atoms with Crippen LogP contribution in [0.3, 0.4) is 0 Å². The Kier molecular flexibility index (Phi) is 14.2. The van der Waals surface area contributed by atoms with Crippen molar-refractivity contribution in [3.63, 3.8) is 0 Å². The Balaban J connectivity index is 1.16. The molecule has 1 saturated heterocycles. The van der Waals surface area contributed by atoms with E-state index in [2.05, 4.69) is 26.2 Å². The molecule has 4 amide bonds. The number of hydrogen-bond donors (Lipinski definition) is 4. The van der Waals surface area contributed by atoms with Gasteiger partial charge < -0.3 is 34.6 Å². The molecule has 2 atom stereocenters. The molecule has 1 aromatic heterocycles. The maximum atomic E-state index is 13.6. The normalized spacial score (nSPS) is 14.1. The number of morpholine rings is 1. The molecule has 4 aromatic rings. The highest BCUT2D eigenvalue weighted by Crippen LogP contribution is 2.21. The van der Waals surface area contributed by atoms with E-state index in [1.54, 1.807) is 63.2 Å². The first-order valence-corrected chi connectivity index (χ1v) is 18.0. The molecule has 3 aromatic carbocycles. The smallest absolute Gasteiger partial charge is 0.411 e. The van der Waals surface area contributed by atoms with E-state index in [0.717, 1.165) is 36.1 Å². The van der Waals surface area contributed by atoms with E-state index in [4.69, 9.17) is 18.6 Å². The van der Waals surface area contributed by atoms with E-state index < -0.39 is 41.7 Å². The van der Waals surface area contributed by atoms with Crippen LogP contribution in [0.15, 0.2) is 88.1 Å². The van der Waals surface area contributed by atoms with Crippen molar-refractivity contribution in [3.05, 3.63) is 106 Å². The lowest BCUT2D eigenvalue weighted by Crippen LogP contribution is -2.54. The number of ether oxygens (including phenoxy) is 3. The first-order chi connectivity index (χ1) is 26.0. The average Bonchev–Trinajstić information content (AvgIpc) is 3.16. The Morgan fingerprint density at radius 2 is 1.44 bits per heavy atom. The second-order valence-electron chi connectivity index (χ2n) is 13.4. The summed E-state index contributed by atoms with van der Waals surface area (Å²) in [6.07, 6.45) is -0.428. The largest absolute Gasteiger partial charge is 0.445 e.